The van der Waals surface area contributed by atoms with Crippen LogP contribution in [-0.2, 0) is 4.74 Å². The number of ether oxygens (including phenoxy) is 1. The van der Waals surface area contributed by atoms with Crippen LogP contribution in [-0.4, -0.2) is 23.7 Å². The molecule has 82 valence electrons. The van der Waals surface area contributed by atoms with Crippen molar-refractivity contribution in [2.45, 2.75) is 31.9 Å². The molecular weight excluding hydrogens is 190 g/mol. The van der Waals surface area contributed by atoms with Crippen LogP contribution in [0.4, 0.5) is 11.4 Å². The minimum Gasteiger partial charge on any atom is -0.396 e. The Morgan fingerprint density at radius 1 is 1.67 bits per heavy atom. The van der Waals surface area contributed by atoms with Crippen LogP contribution >= 0.6 is 0 Å². The van der Waals surface area contributed by atoms with Crippen molar-refractivity contribution in [3.05, 3.63) is 18.5 Å². The van der Waals surface area contributed by atoms with E-state index in [1.54, 1.807) is 12.4 Å². The number of rotatable bonds is 3. The summed E-state index contributed by atoms with van der Waals surface area (Å²) in [7, 11) is 0. The molecule has 0 aliphatic carbocycles. The molecule has 0 bridgehead atoms. The fraction of sp³-hybridized carbons (Fsp3) is 0.545. The molecule has 4 heteroatoms. The maximum absolute atomic E-state index is 5.80. The molecule has 1 aromatic rings. The predicted molar refractivity (Wildman–Crippen MR) is 60.7 cm³/mol. The first-order valence-corrected chi connectivity index (χ1v) is 5.35. The van der Waals surface area contributed by atoms with E-state index in [1.165, 1.54) is 0 Å². The number of hydrogen-bond acceptors (Lipinski definition) is 4. The smallest absolute Gasteiger partial charge is 0.0774 e. The molecule has 0 amide bonds. The van der Waals surface area contributed by atoms with Crippen molar-refractivity contribution in [2.75, 3.05) is 17.7 Å². The van der Waals surface area contributed by atoms with Crippen LogP contribution in [0.5, 0.6) is 0 Å². The Kier molecular flexibility index (Phi) is 3.06. The van der Waals surface area contributed by atoms with Gasteiger partial charge in [0.1, 0.15) is 0 Å². The van der Waals surface area contributed by atoms with Crippen LogP contribution in [0.15, 0.2) is 18.5 Å². The van der Waals surface area contributed by atoms with Gasteiger partial charge >= 0.3 is 0 Å². The second-order valence-electron chi connectivity index (χ2n) is 3.95. The first-order chi connectivity index (χ1) is 7.27. The fourth-order valence-electron chi connectivity index (χ4n) is 1.87. The summed E-state index contributed by atoms with van der Waals surface area (Å²) in [5.41, 5.74) is 7.42. The Bertz CT molecular complexity index is 323. The van der Waals surface area contributed by atoms with E-state index in [-0.39, 0.29) is 6.04 Å². The first kappa shape index (κ1) is 10.2. The van der Waals surface area contributed by atoms with Gasteiger partial charge in [-0.15, -0.1) is 0 Å². The maximum Gasteiger partial charge on any atom is 0.0774 e. The summed E-state index contributed by atoms with van der Waals surface area (Å²) >= 11 is 0. The van der Waals surface area contributed by atoms with Gasteiger partial charge in [0, 0.05) is 18.8 Å². The van der Waals surface area contributed by atoms with E-state index in [0.717, 1.165) is 25.1 Å². The molecule has 0 saturated carbocycles. The van der Waals surface area contributed by atoms with Gasteiger partial charge in [0.15, 0.2) is 0 Å². The Morgan fingerprint density at radius 2 is 2.53 bits per heavy atom. The number of pyridine rings is 1. The number of nitrogen functional groups attached to an aromatic ring is 1. The molecule has 2 atom stereocenters. The van der Waals surface area contributed by atoms with Crippen LogP contribution < -0.4 is 11.1 Å². The number of nitrogens with one attached hydrogen (secondary N) is 1. The summed E-state index contributed by atoms with van der Waals surface area (Å²) in [4.78, 5) is 3.95. The molecule has 0 radical (unpaired) electrons. The number of anilines is 2. The molecule has 1 aromatic heterocycles. The molecule has 4 nitrogen and oxygen atoms in total. The molecule has 1 aliphatic heterocycles. The van der Waals surface area contributed by atoms with E-state index < -0.39 is 0 Å². The highest BCUT2D eigenvalue weighted by atomic mass is 16.5. The zero-order chi connectivity index (χ0) is 10.7. The van der Waals surface area contributed by atoms with E-state index in [1.807, 2.05) is 6.07 Å². The zero-order valence-corrected chi connectivity index (χ0v) is 8.94. The van der Waals surface area contributed by atoms with Gasteiger partial charge in [-0.2, -0.15) is 0 Å². The van der Waals surface area contributed by atoms with Crippen molar-refractivity contribution in [2.24, 2.45) is 0 Å². The lowest BCUT2D eigenvalue weighted by Gasteiger charge is -2.21. The molecule has 1 fully saturated rings. The van der Waals surface area contributed by atoms with Crippen LogP contribution in [0.3, 0.4) is 0 Å². The van der Waals surface area contributed by atoms with Crippen molar-refractivity contribution in [3.63, 3.8) is 0 Å². The van der Waals surface area contributed by atoms with E-state index in [4.69, 9.17) is 10.5 Å². The van der Waals surface area contributed by atoms with Gasteiger partial charge in [0.05, 0.1) is 23.7 Å². The van der Waals surface area contributed by atoms with E-state index >= 15 is 0 Å². The summed E-state index contributed by atoms with van der Waals surface area (Å²) < 4.78 is 5.61. The van der Waals surface area contributed by atoms with Gasteiger partial charge in [-0.05, 0) is 25.8 Å². The number of aromatic nitrogens is 1. The van der Waals surface area contributed by atoms with Crippen molar-refractivity contribution >= 4 is 11.4 Å². The highest BCUT2D eigenvalue weighted by molar-refractivity contribution is 5.64. The monoisotopic (exact) mass is 207 g/mol. The third-order valence-electron chi connectivity index (χ3n) is 2.76. The lowest BCUT2D eigenvalue weighted by molar-refractivity contribution is 0.0997. The summed E-state index contributed by atoms with van der Waals surface area (Å²) in [6.07, 6.45) is 5.98. The molecular formula is C11H17N3O. The van der Waals surface area contributed by atoms with Gasteiger partial charge in [0.2, 0.25) is 0 Å². The topological polar surface area (TPSA) is 60.2 Å². The normalized spacial score (nSPS) is 22.6. The van der Waals surface area contributed by atoms with Crippen molar-refractivity contribution in [1.29, 1.82) is 0 Å². The van der Waals surface area contributed by atoms with Crippen molar-refractivity contribution in [3.8, 4) is 0 Å². The Morgan fingerprint density at radius 3 is 3.20 bits per heavy atom. The second kappa shape index (κ2) is 4.49. The van der Waals surface area contributed by atoms with Crippen LogP contribution in [0.2, 0.25) is 0 Å². The second-order valence-corrected chi connectivity index (χ2v) is 3.95. The largest absolute Gasteiger partial charge is 0.396 e. The van der Waals surface area contributed by atoms with Gasteiger partial charge in [-0.1, -0.05) is 0 Å². The minimum absolute atomic E-state index is 0.289. The maximum atomic E-state index is 5.80. The minimum atomic E-state index is 0.289. The Balaban J connectivity index is 1.99. The number of hydrogen-bond donors (Lipinski definition) is 2. The van der Waals surface area contributed by atoms with E-state index in [9.17, 15) is 0 Å². The molecule has 2 rings (SSSR count). The zero-order valence-electron chi connectivity index (χ0n) is 8.94. The molecule has 1 aliphatic rings. The molecule has 15 heavy (non-hydrogen) atoms. The number of nitrogens with zero attached hydrogens (tertiary/aromatic N) is 1. The molecule has 0 spiro atoms. The van der Waals surface area contributed by atoms with Crippen molar-refractivity contribution in [1.82, 2.24) is 4.98 Å². The van der Waals surface area contributed by atoms with Gasteiger partial charge in [0.25, 0.3) is 0 Å². The quantitative estimate of drug-likeness (QED) is 0.791. The standard InChI is InChI=1S/C11H17N3O/c1-8(11-3-2-6-15-11)14-10-4-5-13-7-9(10)12/h4-5,7-8,11H,2-3,6,12H2,1H3,(H,13,14)/t8-,11-/m1/s1. The SMILES string of the molecule is C[C@@H](Nc1ccncc1N)[C@H]1CCCO1. The average molecular weight is 207 g/mol. The summed E-state index contributed by atoms with van der Waals surface area (Å²) in [6.45, 7) is 3.00. The van der Waals surface area contributed by atoms with Crippen LogP contribution in [0.1, 0.15) is 19.8 Å². The lowest BCUT2D eigenvalue weighted by atomic mass is 10.1. The number of nitrogens with two attached hydrogens (primary N) is 1. The Labute approximate surface area is 89.8 Å². The predicted octanol–water partition coefficient (Wildman–Crippen LogP) is 1.64. The third kappa shape index (κ3) is 2.39. The average Bonchev–Trinajstić information content (AvgIpc) is 2.74. The molecule has 0 unspecified atom stereocenters. The molecule has 0 aromatic carbocycles. The first-order valence-electron chi connectivity index (χ1n) is 5.35. The lowest BCUT2D eigenvalue weighted by Crippen LogP contribution is -2.30. The molecule has 1 saturated heterocycles. The summed E-state index contributed by atoms with van der Waals surface area (Å²) in [5.74, 6) is 0. The van der Waals surface area contributed by atoms with Gasteiger partial charge < -0.3 is 15.8 Å². The van der Waals surface area contributed by atoms with Crippen molar-refractivity contribution < 1.29 is 4.74 Å². The summed E-state index contributed by atoms with van der Waals surface area (Å²) in [6, 6.07) is 2.18. The van der Waals surface area contributed by atoms with Crippen LogP contribution in [0, 0.1) is 0 Å². The third-order valence-corrected chi connectivity index (χ3v) is 2.76. The van der Waals surface area contributed by atoms with Gasteiger partial charge in [-0.25, -0.2) is 0 Å². The fourth-order valence-corrected chi connectivity index (χ4v) is 1.87. The van der Waals surface area contributed by atoms with Gasteiger partial charge in [-0.3, -0.25) is 4.98 Å². The molecule has 3 N–H and O–H groups in total. The van der Waals surface area contributed by atoms with Crippen LogP contribution in [0.25, 0.3) is 0 Å². The highest BCUT2D eigenvalue weighted by Gasteiger charge is 2.22. The van der Waals surface area contributed by atoms with E-state index in [2.05, 4.69) is 17.2 Å². The molecule has 2 heterocycles. The van der Waals surface area contributed by atoms with E-state index in [0.29, 0.717) is 11.8 Å². The summed E-state index contributed by atoms with van der Waals surface area (Å²) in [5, 5.41) is 3.36. The highest BCUT2D eigenvalue weighted by Crippen LogP contribution is 2.21. The Hall–Kier alpha value is -1.29.